The summed E-state index contributed by atoms with van der Waals surface area (Å²) in [7, 11) is -3.50. The molecule has 0 aliphatic carbocycles. The van der Waals surface area contributed by atoms with Gasteiger partial charge in [0.05, 0.1) is 21.6 Å². The van der Waals surface area contributed by atoms with Crippen LogP contribution in [0.2, 0.25) is 0 Å². The zero-order valence-corrected chi connectivity index (χ0v) is 17.8. The molecule has 1 amide bonds. The fourth-order valence-electron chi connectivity index (χ4n) is 2.85. The first kappa shape index (κ1) is 25.0. The van der Waals surface area contributed by atoms with Crippen LogP contribution >= 0.6 is 0 Å². The number of hydrogen-bond donors (Lipinski definition) is 1. The summed E-state index contributed by atoms with van der Waals surface area (Å²) in [6.07, 6.45) is -7.10. The van der Waals surface area contributed by atoms with Gasteiger partial charge in [-0.1, -0.05) is 12.1 Å². The average Bonchev–Trinajstić information content (AvgIpc) is 3.18. The Morgan fingerprint density at radius 3 is 1.94 bits per heavy atom. The van der Waals surface area contributed by atoms with E-state index in [1.54, 1.807) is 0 Å². The SMILES string of the molecule is CS(=O)(=O)c1ccc(/C(=C\n2cnc(-c3cc(C(F)(F)F)cc(C(F)(F)F)c3)n2)C(N)=O)cc1. The molecule has 2 N–H and O–H groups in total. The van der Waals surface area contributed by atoms with Crippen molar-refractivity contribution in [3.05, 3.63) is 65.5 Å². The second kappa shape index (κ2) is 8.59. The van der Waals surface area contributed by atoms with Crippen molar-refractivity contribution in [2.75, 3.05) is 6.26 Å². The first-order valence-corrected chi connectivity index (χ1v) is 11.0. The van der Waals surface area contributed by atoms with Crippen molar-refractivity contribution in [1.29, 1.82) is 0 Å². The summed E-state index contributed by atoms with van der Waals surface area (Å²) >= 11 is 0. The Hall–Kier alpha value is -3.68. The lowest BCUT2D eigenvalue weighted by atomic mass is 10.0. The molecule has 0 atom stereocenters. The molecule has 0 radical (unpaired) electrons. The van der Waals surface area contributed by atoms with E-state index in [1.165, 1.54) is 24.3 Å². The Kier molecular flexibility index (Phi) is 6.30. The first-order chi connectivity index (χ1) is 15.6. The highest BCUT2D eigenvalue weighted by molar-refractivity contribution is 7.90. The predicted octanol–water partition coefficient (Wildman–Crippen LogP) is 3.87. The molecule has 3 aromatic rings. The lowest BCUT2D eigenvalue weighted by Crippen LogP contribution is -2.14. The van der Waals surface area contributed by atoms with E-state index in [-0.39, 0.29) is 22.1 Å². The Balaban J connectivity index is 2.05. The molecule has 7 nitrogen and oxygen atoms in total. The summed E-state index contributed by atoms with van der Waals surface area (Å²) in [4.78, 5) is 15.6. The number of carbonyl (C=O) groups excluding carboxylic acids is 1. The van der Waals surface area contributed by atoms with Crippen LogP contribution in [-0.2, 0) is 27.0 Å². The largest absolute Gasteiger partial charge is 0.416 e. The van der Waals surface area contributed by atoms with Gasteiger partial charge >= 0.3 is 12.4 Å². The summed E-state index contributed by atoms with van der Waals surface area (Å²) in [5, 5.41) is 3.82. The number of carbonyl (C=O) groups is 1. The van der Waals surface area contributed by atoms with Crippen LogP contribution < -0.4 is 5.73 Å². The Bertz CT molecular complexity index is 1340. The molecule has 2 aromatic carbocycles. The highest BCUT2D eigenvalue weighted by Crippen LogP contribution is 2.38. The standard InChI is InChI=1S/C20H14F6N4O3S/c1-34(32,33)15-4-2-11(3-5-15)16(17(27)31)9-30-10-28-18(29-30)12-6-13(19(21,22)23)8-14(7-12)20(24,25)26/h2-10H,1H3,(H2,27,31)/b16-9+. The van der Waals surface area contributed by atoms with Crippen molar-refractivity contribution in [3.63, 3.8) is 0 Å². The van der Waals surface area contributed by atoms with Crippen LogP contribution in [0.4, 0.5) is 26.3 Å². The van der Waals surface area contributed by atoms with Gasteiger partial charge in [0.1, 0.15) is 6.33 Å². The third kappa shape index (κ3) is 5.62. The van der Waals surface area contributed by atoms with Gasteiger partial charge in [-0.15, -0.1) is 5.10 Å². The van der Waals surface area contributed by atoms with E-state index >= 15 is 0 Å². The molecule has 14 heteroatoms. The maximum absolute atomic E-state index is 13.1. The van der Waals surface area contributed by atoms with Crippen LogP contribution in [0.5, 0.6) is 0 Å². The second-order valence-electron chi connectivity index (χ2n) is 7.05. The predicted molar refractivity (Wildman–Crippen MR) is 108 cm³/mol. The van der Waals surface area contributed by atoms with Crippen molar-refractivity contribution in [1.82, 2.24) is 14.8 Å². The number of nitrogens with two attached hydrogens (primary N) is 1. The molecule has 0 aliphatic heterocycles. The Morgan fingerprint density at radius 2 is 1.50 bits per heavy atom. The number of primary amides is 1. The summed E-state index contributed by atoms with van der Waals surface area (Å²) < 4.78 is 103. The highest BCUT2D eigenvalue weighted by Gasteiger charge is 2.37. The lowest BCUT2D eigenvalue weighted by Gasteiger charge is -2.13. The van der Waals surface area contributed by atoms with Crippen molar-refractivity contribution in [2.45, 2.75) is 17.2 Å². The van der Waals surface area contributed by atoms with Gasteiger partial charge < -0.3 is 5.73 Å². The minimum atomic E-state index is -5.05. The average molecular weight is 504 g/mol. The van der Waals surface area contributed by atoms with Crippen molar-refractivity contribution < 1.29 is 39.6 Å². The molecular formula is C20H14F6N4O3S. The zero-order chi connectivity index (χ0) is 25.5. The number of benzene rings is 2. The van der Waals surface area contributed by atoms with E-state index in [9.17, 15) is 39.6 Å². The van der Waals surface area contributed by atoms with Gasteiger partial charge in [-0.25, -0.2) is 18.1 Å². The maximum atomic E-state index is 13.1. The minimum Gasteiger partial charge on any atom is -0.366 e. The van der Waals surface area contributed by atoms with Crippen molar-refractivity contribution in [3.8, 4) is 11.4 Å². The first-order valence-electron chi connectivity index (χ1n) is 9.09. The number of aromatic nitrogens is 3. The second-order valence-corrected chi connectivity index (χ2v) is 9.06. The quantitative estimate of drug-likeness (QED) is 0.419. The highest BCUT2D eigenvalue weighted by atomic mass is 32.2. The van der Waals surface area contributed by atoms with E-state index in [0.717, 1.165) is 23.5 Å². The number of amides is 1. The van der Waals surface area contributed by atoms with Crippen LogP contribution in [-0.4, -0.2) is 35.3 Å². The number of alkyl halides is 6. The molecule has 3 rings (SSSR count). The molecule has 0 unspecified atom stereocenters. The maximum Gasteiger partial charge on any atom is 0.416 e. The molecule has 0 aliphatic rings. The van der Waals surface area contributed by atoms with E-state index in [4.69, 9.17) is 5.73 Å². The normalized spacial score (nSPS) is 13.2. The summed E-state index contributed by atoms with van der Waals surface area (Å²) in [6, 6.07) is 5.98. The van der Waals surface area contributed by atoms with Crippen LogP contribution in [0.3, 0.4) is 0 Å². The molecule has 0 bridgehead atoms. The number of hydrogen-bond acceptors (Lipinski definition) is 5. The van der Waals surface area contributed by atoms with Gasteiger partial charge in [-0.05, 0) is 35.9 Å². The van der Waals surface area contributed by atoms with E-state index in [1.807, 2.05) is 0 Å². The number of halogens is 6. The van der Waals surface area contributed by atoms with E-state index in [0.29, 0.717) is 12.1 Å². The van der Waals surface area contributed by atoms with Crippen LogP contribution in [0.15, 0.2) is 53.7 Å². The van der Waals surface area contributed by atoms with Gasteiger partial charge in [0.2, 0.25) is 0 Å². The smallest absolute Gasteiger partial charge is 0.366 e. The Labute approximate surface area is 188 Å². The topological polar surface area (TPSA) is 108 Å². The monoisotopic (exact) mass is 504 g/mol. The third-order valence-corrected chi connectivity index (χ3v) is 5.60. The van der Waals surface area contributed by atoms with E-state index in [2.05, 4.69) is 10.1 Å². The third-order valence-electron chi connectivity index (χ3n) is 4.47. The molecule has 0 spiro atoms. The van der Waals surface area contributed by atoms with Crippen molar-refractivity contribution in [2.24, 2.45) is 5.73 Å². The summed E-state index contributed by atoms with van der Waals surface area (Å²) in [5.41, 5.74) is 1.76. The molecular weight excluding hydrogens is 490 g/mol. The zero-order valence-electron chi connectivity index (χ0n) is 17.0. The van der Waals surface area contributed by atoms with Gasteiger partial charge in [0, 0.05) is 18.0 Å². The Morgan fingerprint density at radius 1 is 0.971 bits per heavy atom. The fraction of sp³-hybridized carbons (Fsp3) is 0.150. The van der Waals surface area contributed by atoms with Gasteiger partial charge in [0.25, 0.3) is 5.91 Å². The van der Waals surface area contributed by atoms with Crippen LogP contribution in [0.1, 0.15) is 16.7 Å². The molecule has 0 fully saturated rings. The van der Waals surface area contributed by atoms with Gasteiger partial charge in [0.15, 0.2) is 15.7 Å². The van der Waals surface area contributed by atoms with Crippen molar-refractivity contribution >= 4 is 27.5 Å². The minimum absolute atomic E-state index is 0.0203. The lowest BCUT2D eigenvalue weighted by molar-refractivity contribution is -0.143. The molecule has 1 aromatic heterocycles. The number of nitrogens with zero attached hydrogens (tertiary/aromatic N) is 3. The molecule has 180 valence electrons. The molecule has 0 saturated carbocycles. The number of rotatable bonds is 5. The van der Waals surface area contributed by atoms with E-state index < -0.39 is 50.6 Å². The number of sulfone groups is 1. The van der Waals surface area contributed by atoms with Gasteiger partial charge in [-0.2, -0.15) is 26.3 Å². The molecule has 0 saturated heterocycles. The van der Waals surface area contributed by atoms with Gasteiger partial charge in [-0.3, -0.25) is 4.79 Å². The molecule has 34 heavy (non-hydrogen) atoms. The fourth-order valence-corrected chi connectivity index (χ4v) is 3.48. The van der Waals surface area contributed by atoms with Crippen LogP contribution in [0.25, 0.3) is 23.2 Å². The molecule has 1 heterocycles. The summed E-state index contributed by atoms with van der Waals surface area (Å²) in [5.74, 6) is -1.42. The summed E-state index contributed by atoms with van der Waals surface area (Å²) in [6.45, 7) is 0. The van der Waals surface area contributed by atoms with Crippen LogP contribution in [0, 0.1) is 0 Å².